The van der Waals surface area contributed by atoms with Gasteiger partial charge in [-0.3, -0.25) is 4.79 Å². The minimum absolute atomic E-state index is 0.308. The minimum Gasteiger partial charge on any atom is -0.298 e. The standard InChI is InChI=1S/C13H8ClFO/c14-12-7-9(5-6-10(12)8-16)11-3-1-2-4-13(11)15/h1-8H. The van der Waals surface area contributed by atoms with Crippen LogP contribution < -0.4 is 0 Å². The number of hydrogen-bond acceptors (Lipinski definition) is 1. The fraction of sp³-hybridized carbons (Fsp3) is 0. The highest BCUT2D eigenvalue weighted by Gasteiger charge is 2.06. The Hall–Kier alpha value is -1.67. The lowest BCUT2D eigenvalue weighted by Crippen LogP contribution is -1.86. The van der Waals surface area contributed by atoms with Crippen LogP contribution in [0.5, 0.6) is 0 Å². The van der Waals surface area contributed by atoms with Crippen molar-refractivity contribution in [1.82, 2.24) is 0 Å². The van der Waals surface area contributed by atoms with Crippen molar-refractivity contribution in [3.8, 4) is 11.1 Å². The third kappa shape index (κ3) is 1.97. The predicted molar refractivity (Wildman–Crippen MR) is 62.2 cm³/mol. The molecule has 0 amide bonds. The molecule has 0 bridgehead atoms. The van der Waals surface area contributed by atoms with E-state index in [1.165, 1.54) is 6.07 Å². The van der Waals surface area contributed by atoms with Gasteiger partial charge in [-0.05, 0) is 23.8 Å². The summed E-state index contributed by atoms with van der Waals surface area (Å²) in [5, 5.41) is 0.329. The van der Waals surface area contributed by atoms with Gasteiger partial charge in [-0.2, -0.15) is 0 Å². The summed E-state index contributed by atoms with van der Waals surface area (Å²) < 4.78 is 13.5. The summed E-state index contributed by atoms with van der Waals surface area (Å²) in [5.41, 5.74) is 1.54. The molecule has 0 saturated heterocycles. The predicted octanol–water partition coefficient (Wildman–Crippen LogP) is 3.96. The number of rotatable bonds is 2. The third-order valence-corrected chi connectivity index (χ3v) is 2.64. The molecule has 1 nitrogen and oxygen atoms in total. The molecule has 0 heterocycles. The Morgan fingerprint density at radius 1 is 1.12 bits per heavy atom. The first kappa shape index (κ1) is 10.8. The Bertz CT molecular complexity index is 537. The molecule has 0 aliphatic carbocycles. The molecular weight excluding hydrogens is 227 g/mol. The first-order valence-electron chi connectivity index (χ1n) is 4.72. The van der Waals surface area contributed by atoms with E-state index in [-0.39, 0.29) is 5.82 Å². The highest BCUT2D eigenvalue weighted by Crippen LogP contribution is 2.26. The van der Waals surface area contributed by atoms with Gasteiger partial charge in [0.15, 0.2) is 6.29 Å². The highest BCUT2D eigenvalue weighted by molar-refractivity contribution is 6.33. The van der Waals surface area contributed by atoms with Crippen molar-refractivity contribution in [2.45, 2.75) is 0 Å². The molecule has 0 aromatic heterocycles. The zero-order valence-corrected chi connectivity index (χ0v) is 9.04. The Balaban J connectivity index is 2.54. The summed E-state index contributed by atoms with van der Waals surface area (Å²) in [6.45, 7) is 0. The number of hydrogen-bond donors (Lipinski definition) is 0. The van der Waals surface area contributed by atoms with Crippen molar-refractivity contribution in [2.75, 3.05) is 0 Å². The van der Waals surface area contributed by atoms with Crippen LogP contribution in [-0.4, -0.2) is 6.29 Å². The summed E-state index contributed by atoms with van der Waals surface area (Å²) in [6, 6.07) is 11.3. The lowest BCUT2D eigenvalue weighted by molar-refractivity contribution is 0.112. The van der Waals surface area contributed by atoms with E-state index in [9.17, 15) is 9.18 Å². The first-order valence-corrected chi connectivity index (χ1v) is 5.10. The SMILES string of the molecule is O=Cc1ccc(-c2ccccc2F)cc1Cl. The fourth-order valence-corrected chi connectivity index (χ4v) is 1.71. The van der Waals surface area contributed by atoms with Gasteiger partial charge in [-0.25, -0.2) is 4.39 Å². The number of aldehydes is 1. The van der Waals surface area contributed by atoms with Crippen LogP contribution in [-0.2, 0) is 0 Å². The minimum atomic E-state index is -0.308. The van der Waals surface area contributed by atoms with Crippen molar-refractivity contribution in [1.29, 1.82) is 0 Å². The Kier molecular flexibility index (Phi) is 3.02. The first-order chi connectivity index (χ1) is 7.72. The number of benzene rings is 2. The van der Waals surface area contributed by atoms with Crippen LogP contribution in [0.1, 0.15) is 10.4 Å². The van der Waals surface area contributed by atoms with E-state index in [1.54, 1.807) is 36.4 Å². The van der Waals surface area contributed by atoms with E-state index in [0.29, 0.717) is 28.0 Å². The molecule has 0 saturated carbocycles. The largest absolute Gasteiger partial charge is 0.298 e. The summed E-state index contributed by atoms with van der Waals surface area (Å²) in [6.07, 6.45) is 0.674. The van der Waals surface area contributed by atoms with E-state index in [0.717, 1.165) is 0 Å². The molecule has 0 N–H and O–H groups in total. The molecule has 80 valence electrons. The smallest absolute Gasteiger partial charge is 0.151 e. The van der Waals surface area contributed by atoms with Gasteiger partial charge in [0, 0.05) is 11.1 Å². The monoisotopic (exact) mass is 234 g/mol. The van der Waals surface area contributed by atoms with Crippen LogP contribution in [0.25, 0.3) is 11.1 Å². The zero-order chi connectivity index (χ0) is 11.5. The molecule has 16 heavy (non-hydrogen) atoms. The Morgan fingerprint density at radius 2 is 1.88 bits per heavy atom. The Labute approximate surface area is 97.5 Å². The average Bonchev–Trinajstić information content (AvgIpc) is 2.29. The summed E-state index contributed by atoms with van der Waals surface area (Å²) in [5.74, 6) is -0.308. The zero-order valence-electron chi connectivity index (χ0n) is 8.28. The number of carbonyl (C=O) groups is 1. The van der Waals surface area contributed by atoms with Crippen LogP contribution in [0.15, 0.2) is 42.5 Å². The maximum Gasteiger partial charge on any atom is 0.151 e. The maximum atomic E-state index is 13.5. The number of carbonyl (C=O) groups excluding carboxylic acids is 1. The average molecular weight is 235 g/mol. The molecule has 0 spiro atoms. The van der Waals surface area contributed by atoms with E-state index < -0.39 is 0 Å². The second kappa shape index (κ2) is 4.45. The molecule has 0 fully saturated rings. The van der Waals surface area contributed by atoms with Gasteiger partial charge >= 0.3 is 0 Å². The molecule has 2 aromatic rings. The molecule has 0 atom stereocenters. The van der Waals surface area contributed by atoms with Crippen molar-refractivity contribution in [3.05, 3.63) is 58.9 Å². The Morgan fingerprint density at radius 3 is 2.50 bits per heavy atom. The van der Waals surface area contributed by atoms with Crippen LogP contribution in [0, 0.1) is 5.82 Å². The highest BCUT2D eigenvalue weighted by atomic mass is 35.5. The van der Waals surface area contributed by atoms with E-state index in [4.69, 9.17) is 11.6 Å². The van der Waals surface area contributed by atoms with Crippen molar-refractivity contribution in [3.63, 3.8) is 0 Å². The molecule has 2 aromatic carbocycles. The maximum absolute atomic E-state index is 13.5. The second-order valence-electron chi connectivity index (χ2n) is 3.33. The molecule has 3 heteroatoms. The summed E-state index contributed by atoms with van der Waals surface area (Å²) >= 11 is 5.88. The molecule has 2 rings (SSSR count). The van der Waals surface area contributed by atoms with Crippen LogP contribution in [0.2, 0.25) is 5.02 Å². The van der Waals surface area contributed by atoms with Gasteiger partial charge in [0.25, 0.3) is 0 Å². The molecular formula is C13H8ClFO. The number of halogens is 2. The van der Waals surface area contributed by atoms with Crippen molar-refractivity contribution >= 4 is 17.9 Å². The van der Waals surface area contributed by atoms with Crippen LogP contribution in [0.4, 0.5) is 4.39 Å². The van der Waals surface area contributed by atoms with Gasteiger partial charge in [0.1, 0.15) is 5.82 Å². The molecule has 0 aliphatic heterocycles. The molecule has 0 aliphatic rings. The fourth-order valence-electron chi connectivity index (χ4n) is 1.49. The second-order valence-corrected chi connectivity index (χ2v) is 3.74. The van der Waals surface area contributed by atoms with Gasteiger partial charge in [0.05, 0.1) is 5.02 Å². The van der Waals surface area contributed by atoms with Gasteiger partial charge in [0.2, 0.25) is 0 Å². The van der Waals surface area contributed by atoms with Crippen molar-refractivity contribution < 1.29 is 9.18 Å². The summed E-state index contributed by atoms with van der Waals surface area (Å²) in [4.78, 5) is 10.6. The van der Waals surface area contributed by atoms with Gasteiger partial charge in [-0.1, -0.05) is 35.9 Å². The quantitative estimate of drug-likeness (QED) is 0.719. The van der Waals surface area contributed by atoms with Gasteiger partial charge < -0.3 is 0 Å². The molecule has 0 radical (unpaired) electrons. The molecule has 0 unspecified atom stereocenters. The van der Waals surface area contributed by atoms with E-state index in [2.05, 4.69) is 0 Å². The van der Waals surface area contributed by atoms with Crippen molar-refractivity contribution in [2.24, 2.45) is 0 Å². The van der Waals surface area contributed by atoms with E-state index >= 15 is 0 Å². The topological polar surface area (TPSA) is 17.1 Å². The third-order valence-electron chi connectivity index (χ3n) is 2.31. The summed E-state index contributed by atoms with van der Waals surface area (Å²) in [7, 11) is 0. The lowest BCUT2D eigenvalue weighted by atomic mass is 10.0. The van der Waals surface area contributed by atoms with Gasteiger partial charge in [-0.15, -0.1) is 0 Å². The lowest BCUT2D eigenvalue weighted by Gasteiger charge is -2.04. The van der Waals surface area contributed by atoms with Crippen LogP contribution in [0.3, 0.4) is 0 Å². The normalized spacial score (nSPS) is 10.1. The van der Waals surface area contributed by atoms with Crippen LogP contribution >= 0.6 is 11.6 Å². The van der Waals surface area contributed by atoms with E-state index in [1.807, 2.05) is 0 Å².